The van der Waals surface area contributed by atoms with Crippen LogP contribution in [-0.4, -0.2) is 0 Å². The van der Waals surface area contributed by atoms with E-state index in [0.29, 0.717) is 5.92 Å². The Balaban J connectivity index is 0.000000337. The second kappa shape index (κ2) is 7.19. The Kier molecular flexibility index (Phi) is 6.65. The first-order valence-corrected chi connectivity index (χ1v) is 16.2. The summed E-state index contributed by atoms with van der Waals surface area (Å²) < 4.78 is 0. The predicted octanol–water partition coefficient (Wildman–Crippen LogP) is 4.97. The Morgan fingerprint density at radius 1 is 1.20 bits per heavy atom. The summed E-state index contributed by atoms with van der Waals surface area (Å²) in [5.74, 6) is 0.692. The molecule has 0 atom stereocenters. The van der Waals surface area contributed by atoms with E-state index in [0.717, 1.165) is 6.42 Å². The van der Waals surface area contributed by atoms with Crippen molar-refractivity contribution >= 4 is 30.5 Å². The molecule has 0 aliphatic heterocycles. The Morgan fingerprint density at radius 3 is 2.33 bits per heavy atom. The van der Waals surface area contributed by atoms with E-state index >= 15 is 0 Å². The zero-order valence-electron chi connectivity index (χ0n) is 8.93. The molecule has 0 unspecified atom stereocenters. The van der Waals surface area contributed by atoms with Gasteiger partial charge in [-0.15, -0.1) is 0 Å². The van der Waals surface area contributed by atoms with Gasteiger partial charge in [0.05, 0.1) is 0 Å². The standard InChI is InChI=1S/C12H14.2BrH.Zr/c1-9(2)12-7-10-5-3-4-6-11(10)8-12;;;/h3-7,9H,8H2,1-2H3;2*1H;/q;;;+2/p-2. The molecule has 1 aliphatic carbocycles. The summed E-state index contributed by atoms with van der Waals surface area (Å²) in [7, 11) is 0. The van der Waals surface area contributed by atoms with E-state index in [4.69, 9.17) is 0 Å². The van der Waals surface area contributed by atoms with Crippen molar-refractivity contribution in [1.29, 1.82) is 0 Å². The van der Waals surface area contributed by atoms with Crippen molar-refractivity contribution < 1.29 is 18.5 Å². The van der Waals surface area contributed by atoms with Gasteiger partial charge in [-0.05, 0) is 23.5 Å². The zero-order valence-corrected chi connectivity index (χ0v) is 14.6. The summed E-state index contributed by atoms with van der Waals surface area (Å²) in [5, 5.41) is 0. The van der Waals surface area contributed by atoms with Crippen molar-refractivity contribution in [3.63, 3.8) is 0 Å². The molecule has 1 aromatic carbocycles. The van der Waals surface area contributed by atoms with E-state index in [-0.39, 0.29) is 18.5 Å². The van der Waals surface area contributed by atoms with Crippen LogP contribution in [0.5, 0.6) is 0 Å². The molecule has 1 aliphatic rings. The number of fused-ring (bicyclic) bond motifs is 1. The van der Waals surface area contributed by atoms with Gasteiger partial charge < -0.3 is 0 Å². The van der Waals surface area contributed by atoms with E-state index in [9.17, 15) is 0 Å². The predicted molar refractivity (Wildman–Crippen MR) is 70.8 cm³/mol. The third-order valence-electron chi connectivity index (χ3n) is 2.53. The van der Waals surface area contributed by atoms with Gasteiger partial charge in [-0.1, -0.05) is 49.8 Å². The van der Waals surface area contributed by atoms with E-state index in [2.05, 4.69) is 68.6 Å². The fourth-order valence-corrected chi connectivity index (χ4v) is 1.68. The molecule has 0 radical (unpaired) electrons. The second-order valence-electron chi connectivity index (χ2n) is 3.82. The van der Waals surface area contributed by atoms with Crippen LogP contribution in [0.3, 0.4) is 0 Å². The number of allylic oxidation sites excluding steroid dienone is 1. The number of benzene rings is 1. The number of hydrogen-bond donors (Lipinski definition) is 0. The van der Waals surface area contributed by atoms with Gasteiger partial charge in [0.2, 0.25) is 0 Å². The number of hydrogen-bond acceptors (Lipinski definition) is 0. The molecular formula is C12H14Br2Zr. The first kappa shape index (κ1) is 13.9. The molecule has 0 fully saturated rings. The fourth-order valence-electron chi connectivity index (χ4n) is 1.68. The Morgan fingerprint density at radius 2 is 1.80 bits per heavy atom. The SMILES string of the molecule is CC(C)C1=Cc2ccccc2C1.[Br][Zr][Br]. The van der Waals surface area contributed by atoms with E-state index in [1.54, 1.807) is 5.57 Å². The molecule has 2 rings (SSSR count). The maximum absolute atomic E-state index is 3.23. The van der Waals surface area contributed by atoms with Crippen LogP contribution in [0, 0.1) is 5.92 Å². The van der Waals surface area contributed by atoms with Crippen LogP contribution in [0.15, 0.2) is 29.8 Å². The first-order valence-electron chi connectivity index (χ1n) is 4.93. The van der Waals surface area contributed by atoms with Gasteiger partial charge in [0, 0.05) is 0 Å². The quantitative estimate of drug-likeness (QED) is 0.615. The minimum absolute atomic E-state index is 0.145. The van der Waals surface area contributed by atoms with Gasteiger partial charge in [0.1, 0.15) is 0 Å². The van der Waals surface area contributed by atoms with Gasteiger partial charge in [-0.3, -0.25) is 0 Å². The van der Waals surface area contributed by atoms with Crippen molar-refractivity contribution in [2.24, 2.45) is 5.92 Å². The molecule has 0 spiro atoms. The second-order valence-corrected chi connectivity index (χ2v) is 15.2. The molecule has 0 nitrogen and oxygen atoms in total. The molecule has 1 aromatic rings. The molecule has 0 saturated carbocycles. The summed E-state index contributed by atoms with van der Waals surface area (Å²) in [6.07, 6.45) is 3.49. The van der Waals surface area contributed by atoms with Crippen molar-refractivity contribution in [2.75, 3.05) is 0 Å². The molecule has 0 saturated heterocycles. The summed E-state index contributed by atoms with van der Waals surface area (Å²) in [5.41, 5.74) is 4.47. The van der Waals surface area contributed by atoms with Crippen LogP contribution < -0.4 is 0 Å². The molecule has 80 valence electrons. The van der Waals surface area contributed by atoms with E-state index < -0.39 is 0 Å². The van der Waals surface area contributed by atoms with Gasteiger partial charge in [0.25, 0.3) is 0 Å². The molecule has 3 heteroatoms. The topological polar surface area (TPSA) is 0 Å². The summed E-state index contributed by atoms with van der Waals surface area (Å²) >= 11 is 6.32. The van der Waals surface area contributed by atoms with Gasteiger partial charge >= 0.3 is 43.0 Å². The average molecular weight is 409 g/mol. The van der Waals surface area contributed by atoms with Gasteiger partial charge in [-0.25, -0.2) is 0 Å². The van der Waals surface area contributed by atoms with E-state index in [1.165, 1.54) is 11.1 Å². The average Bonchev–Trinajstić information content (AvgIpc) is 2.62. The molecule has 0 bridgehead atoms. The Hall–Kier alpha value is 0.803. The molecule has 0 heterocycles. The van der Waals surface area contributed by atoms with E-state index in [1.807, 2.05) is 0 Å². The van der Waals surface area contributed by atoms with Crippen molar-refractivity contribution in [3.8, 4) is 0 Å². The Labute approximate surface area is 115 Å². The molecule has 0 N–H and O–H groups in total. The zero-order chi connectivity index (χ0) is 11.3. The van der Waals surface area contributed by atoms with Crippen LogP contribution in [0.25, 0.3) is 6.08 Å². The number of rotatable bonds is 1. The first-order chi connectivity index (χ1) is 7.19. The third-order valence-corrected chi connectivity index (χ3v) is 2.53. The molecule has 15 heavy (non-hydrogen) atoms. The number of halogens is 2. The maximum atomic E-state index is 3.23. The van der Waals surface area contributed by atoms with Gasteiger partial charge in [0.15, 0.2) is 0 Å². The van der Waals surface area contributed by atoms with Crippen LogP contribution >= 0.6 is 24.4 Å². The summed E-state index contributed by atoms with van der Waals surface area (Å²) in [6, 6.07) is 8.65. The minimum atomic E-state index is -0.145. The third kappa shape index (κ3) is 4.28. The normalized spacial score (nSPS) is 12.7. The van der Waals surface area contributed by atoms with Crippen LogP contribution in [0.1, 0.15) is 25.0 Å². The van der Waals surface area contributed by atoms with Crippen molar-refractivity contribution in [3.05, 3.63) is 41.0 Å². The monoisotopic (exact) mass is 406 g/mol. The molecular weight excluding hydrogens is 395 g/mol. The summed E-state index contributed by atoms with van der Waals surface area (Å²) in [6.45, 7) is 4.52. The fraction of sp³-hybridized carbons (Fsp3) is 0.333. The summed E-state index contributed by atoms with van der Waals surface area (Å²) in [4.78, 5) is 0. The Bertz CT molecular complexity index is 345. The van der Waals surface area contributed by atoms with Gasteiger partial charge in [-0.2, -0.15) is 0 Å². The van der Waals surface area contributed by atoms with Crippen LogP contribution in [0.4, 0.5) is 0 Å². The van der Waals surface area contributed by atoms with Crippen molar-refractivity contribution in [2.45, 2.75) is 20.3 Å². The van der Waals surface area contributed by atoms with Crippen LogP contribution in [-0.2, 0) is 25.0 Å². The molecule has 0 aromatic heterocycles. The van der Waals surface area contributed by atoms with Crippen LogP contribution in [0.2, 0.25) is 0 Å². The molecule has 0 amide bonds. The van der Waals surface area contributed by atoms with Crippen molar-refractivity contribution in [1.82, 2.24) is 0 Å².